The van der Waals surface area contributed by atoms with Gasteiger partial charge in [-0.15, -0.1) is 0 Å². The van der Waals surface area contributed by atoms with E-state index in [2.05, 4.69) is 45.1 Å². The summed E-state index contributed by atoms with van der Waals surface area (Å²) in [4.78, 5) is 8.74. The molecule has 2 heterocycles. The van der Waals surface area contributed by atoms with Gasteiger partial charge < -0.3 is 11.1 Å². The molecule has 0 saturated carbocycles. The molecule has 96 valence electrons. The van der Waals surface area contributed by atoms with Crippen LogP contribution >= 0.6 is 15.9 Å². The largest absolute Gasteiger partial charge is 0.378 e. The normalized spacial score (nSPS) is 11.8. The minimum absolute atomic E-state index is 0.0578. The Morgan fingerprint density at radius 3 is 2.89 bits per heavy atom. The molecule has 2 aromatic rings. The molecule has 0 aliphatic carbocycles. The predicted octanol–water partition coefficient (Wildman–Crippen LogP) is 2.93. The maximum atomic E-state index is 5.63. The van der Waals surface area contributed by atoms with Crippen molar-refractivity contribution in [3.8, 4) is 0 Å². The zero-order valence-corrected chi connectivity index (χ0v) is 12.2. The summed E-state index contributed by atoms with van der Waals surface area (Å²) < 4.78 is 0.931. The highest BCUT2D eigenvalue weighted by Gasteiger charge is 2.17. The molecule has 2 aromatic heterocycles. The van der Waals surface area contributed by atoms with Crippen molar-refractivity contribution in [1.82, 2.24) is 9.97 Å². The number of fused-ring (bicyclic) bond motifs is 1. The molecular weight excluding hydrogens is 292 g/mol. The molecule has 4 nitrogen and oxygen atoms in total. The van der Waals surface area contributed by atoms with E-state index in [0.717, 1.165) is 27.6 Å². The van der Waals surface area contributed by atoms with Gasteiger partial charge in [0.2, 0.25) is 0 Å². The van der Waals surface area contributed by atoms with Crippen molar-refractivity contribution in [1.29, 1.82) is 0 Å². The summed E-state index contributed by atoms with van der Waals surface area (Å²) in [5, 5.41) is 3.48. The van der Waals surface area contributed by atoms with Gasteiger partial charge in [-0.05, 0) is 54.9 Å². The highest BCUT2D eigenvalue weighted by atomic mass is 79.9. The smallest absolute Gasteiger partial charge is 0.112 e. The van der Waals surface area contributed by atoms with Crippen LogP contribution in [0.1, 0.15) is 20.3 Å². The molecular formula is C13H17BrN4. The van der Waals surface area contributed by atoms with Gasteiger partial charge in [0, 0.05) is 22.4 Å². The van der Waals surface area contributed by atoms with Crippen LogP contribution in [0.5, 0.6) is 0 Å². The SMILES string of the molecule is CC(C)(CCN)Nc1ccnc2cc(Br)cnc12. The third kappa shape index (κ3) is 2.97. The van der Waals surface area contributed by atoms with E-state index in [-0.39, 0.29) is 5.54 Å². The number of halogens is 1. The molecule has 0 unspecified atom stereocenters. The number of aromatic nitrogens is 2. The first-order valence-electron chi connectivity index (χ1n) is 5.90. The molecule has 18 heavy (non-hydrogen) atoms. The molecule has 0 radical (unpaired) electrons. The average molecular weight is 309 g/mol. The van der Waals surface area contributed by atoms with Gasteiger partial charge in [0.25, 0.3) is 0 Å². The van der Waals surface area contributed by atoms with Gasteiger partial charge in [0.1, 0.15) is 5.52 Å². The van der Waals surface area contributed by atoms with Crippen molar-refractivity contribution in [3.63, 3.8) is 0 Å². The molecule has 3 N–H and O–H groups in total. The lowest BCUT2D eigenvalue weighted by atomic mass is 10.0. The van der Waals surface area contributed by atoms with Gasteiger partial charge in [0.05, 0.1) is 11.2 Å². The van der Waals surface area contributed by atoms with E-state index in [4.69, 9.17) is 5.73 Å². The van der Waals surface area contributed by atoms with E-state index in [0.29, 0.717) is 6.54 Å². The second-order valence-electron chi connectivity index (χ2n) is 4.93. The third-order valence-electron chi connectivity index (χ3n) is 2.79. The lowest BCUT2D eigenvalue weighted by Crippen LogP contribution is -2.33. The molecule has 5 heteroatoms. The molecule has 2 rings (SSSR count). The molecule has 0 saturated heterocycles. The quantitative estimate of drug-likeness (QED) is 0.911. The van der Waals surface area contributed by atoms with Gasteiger partial charge in [-0.1, -0.05) is 0 Å². The number of hydrogen-bond acceptors (Lipinski definition) is 4. The number of hydrogen-bond donors (Lipinski definition) is 2. The number of nitrogens with one attached hydrogen (secondary N) is 1. The first kappa shape index (κ1) is 13.2. The number of nitrogens with two attached hydrogens (primary N) is 1. The van der Waals surface area contributed by atoms with Gasteiger partial charge in [0.15, 0.2) is 0 Å². The fraction of sp³-hybridized carbons (Fsp3) is 0.385. The van der Waals surface area contributed by atoms with Crippen LogP contribution in [0.25, 0.3) is 11.0 Å². The van der Waals surface area contributed by atoms with Crippen LogP contribution in [0.2, 0.25) is 0 Å². The Hall–Kier alpha value is -1.20. The standard InChI is InChI=1S/C13H17BrN4/c1-13(2,4-5-15)18-10-3-6-16-11-7-9(14)8-17-12(10)11/h3,6-8H,4-5,15H2,1-2H3,(H,16,18). The summed E-state index contributed by atoms with van der Waals surface area (Å²) in [5.41, 5.74) is 8.31. The van der Waals surface area contributed by atoms with Crippen LogP contribution in [0.3, 0.4) is 0 Å². The van der Waals surface area contributed by atoms with Crippen LogP contribution in [0.15, 0.2) is 29.0 Å². The maximum Gasteiger partial charge on any atom is 0.112 e. The number of anilines is 1. The minimum atomic E-state index is -0.0578. The second-order valence-corrected chi connectivity index (χ2v) is 5.84. The summed E-state index contributed by atoms with van der Waals surface area (Å²) in [6, 6.07) is 3.91. The predicted molar refractivity (Wildman–Crippen MR) is 78.6 cm³/mol. The molecule has 0 bridgehead atoms. The Kier molecular flexibility index (Phi) is 3.82. The Labute approximate surface area is 115 Å². The van der Waals surface area contributed by atoms with Crippen LogP contribution in [-0.4, -0.2) is 22.1 Å². The van der Waals surface area contributed by atoms with E-state index in [1.54, 1.807) is 12.4 Å². The molecule has 0 atom stereocenters. The van der Waals surface area contributed by atoms with E-state index in [1.807, 2.05) is 12.1 Å². The van der Waals surface area contributed by atoms with Crippen molar-refractivity contribution < 1.29 is 0 Å². The van der Waals surface area contributed by atoms with Crippen molar-refractivity contribution in [2.45, 2.75) is 25.8 Å². The van der Waals surface area contributed by atoms with Crippen molar-refractivity contribution in [2.75, 3.05) is 11.9 Å². The molecule has 0 amide bonds. The Morgan fingerprint density at radius 1 is 1.39 bits per heavy atom. The number of pyridine rings is 2. The Balaban J connectivity index is 2.39. The Bertz CT molecular complexity index is 554. The lowest BCUT2D eigenvalue weighted by Gasteiger charge is -2.27. The van der Waals surface area contributed by atoms with Gasteiger partial charge in [-0.2, -0.15) is 0 Å². The Morgan fingerprint density at radius 2 is 2.17 bits per heavy atom. The third-order valence-corrected chi connectivity index (χ3v) is 3.22. The van der Waals surface area contributed by atoms with E-state index in [9.17, 15) is 0 Å². The van der Waals surface area contributed by atoms with E-state index < -0.39 is 0 Å². The van der Waals surface area contributed by atoms with Gasteiger partial charge >= 0.3 is 0 Å². The van der Waals surface area contributed by atoms with Crippen molar-refractivity contribution in [2.24, 2.45) is 5.73 Å². The average Bonchev–Trinajstić information content (AvgIpc) is 2.28. The highest BCUT2D eigenvalue weighted by molar-refractivity contribution is 9.10. The fourth-order valence-corrected chi connectivity index (χ4v) is 2.21. The zero-order chi connectivity index (χ0) is 13.2. The summed E-state index contributed by atoms with van der Waals surface area (Å²) >= 11 is 3.40. The first-order valence-corrected chi connectivity index (χ1v) is 6.70. The van der Waals surface area contributed by atoms with Crippen LogP contribution in [0, 0.1) is 0 Å². The zero-order valence-electron chi connectivity index (χ0n) is 10.6. The van der Waals surface area contributed by atoms with Crippen LogP contribution in [0.4, 0.5) is 5.69 Å². The molecule has 0 aliphatic heterocycles. The summed E-state index contributed by atoms with van der Waals surface area (Å²) in [7, 11) is 0. The maximum absolute atomic E-state index is 5.63. The van der Waals surface area contributed by atoms with Gasteiger partial charge in [-0.3, -0.25) is 9.97 Å². The van der Waals surface area contributed by atoms with E-state index in [1.165, 1.54) is 0 Å². The minimum Gasteiger partial charge on any atom is -0.378 e. The molecule has 0 spiro atoms. The summed E-state index contributed by atoms with van der Waals surface area (Å²) in [6.45, 7) is 4.91. The molecule has 0 aliphatic rings. The number of rotatable bonds is 4. The monoisotopic (exact) mass is 308 g/mol. The highest BCUT2D eigenvalue weighted by Crippen LogP contribution is 2.25. The molecule has 0 aromatic carbocycles. The van der Waals surface area contributed by atoms with Crippen LogP contribution in [-0.2, 0) is 0 Å². The second kappa shape index (κ2) is 5.20. The van der Waals surface area contributed by atoms with Crippen molar-refractivity contribution >= 4 is 32.7 Å². The lowest BCUT2D eigenvalue weighted by molar-refractivity contribution is 0.527. The molecule has 0 fully saturated rings. The van der Waals surface area contributed by atoms with Crippen LogP contribution < -0.4 is 11.1 Å². The summed E-state index contributed by atoms with van der Waals surface area (Å²) in [5.74, 6) is 0. The summed E-state index contributed by atoms with van der Waals surface area (Å²) in [6.07, 6.45) is 4.47. The topological polar surface area (TPSA) is 63.8 Å². The first-order chi connectivity index (χ1) is 8.52. The fourth-order valence-electron chi connectivity index (χ4n) is 1.89. The van der Waals surface area contributed by atoms with E-state index >= 15 is 0 Å². The van der Waals surface area contributed by atoms with Crippen molar-refractivity contribution in [3.05, 3.63) is 29.0 Å². The number of nitrogens with zero attached hydrogens (tertiary/aromatic N) is 2. The van der Waals surface area contributed by atoms with Gasteiger partial charge in [-0.25, -0.2) is 0 Å².